The Bertz CT molecular complexity index is 153. The molecule has 0 heterocycles. The molecule has 0 aliphatic heterocycles. The van der Waals surface area contributed by atoms with E-state index in [4.69, 9.17) is 9.63 Å². The van der Waals surface area contributed by atoms with Crippen LogP contribution in [0.5, 0.6) is 0 Å². The molecule has 0 spiro atoms. The summed E-state index contributed by atoms with van der Waals surface area (Å²) in [5.41, 5.74) is 0. The molecule has 0 saturated heterocycles. The monoisotopic (exact) mass is 196 g/mol. The lowest BCUT2D eigenvalue weighted by molar-refractivity contribution is -0.870. The third-order valence-electron chi connectivity index (χ3n) is 1.35. The molecule has 0 aromatic carbocycles. The van der Waals surface area contributed by atoms with Crippen molar-refractivity contribution >= 4 is 8.03 Å². The van der Waals surface area contributed by atoms with Gasteiger partial charge < -0.3 is 14.1 Å². The van der Waals surface area contributed by atoms with E-state index in [1.54, 1.807) is 0 Å². The third-order valence-corrected chi connectivity index (χ3v) is 2.52. The van der Waals surface area contributed by atoms with Crippen LogP contribution in [0.3, 0.4) is 0 Å². The van der Waals surface area contributed by atoms with Gasteiger partial charge in [-0.2, -0.15) is 0 Å². The highest BCUT2D eigenvalue weighted by atomic mass is 31.1. The highest BCUT2D eigenvalue weighted by molar-refractivity contribution is 7.39. The third kappa shape index (κ3) is 6.80. The predicted octanol–water partition coefficient (Wildman–Crippen LogP) is 0.522. The van der Waals surface area contributed by atoms with Crippen LogP contribution in [0.4, 0.5) is 0 Å². The van der Waals surface area contributed by atoms with Gasteiger partial charge >= 0.3 is 0 Å². The van der Waals surface area contributed by atoms with Crippen molar-refractivity contribution in [2.24, 2.45) is 0 Å². The van der Waals surface area contributed by atoms with Gasteiger partial charge in [-0.05, 0) is 6.92 Å². The first-order valence-corrected chi connectivity index (χ1v) is 5.37. The molecule has 0 rings (SSSR count). The molecule has 2 atom stereocenters. The number of aliphatic hydroxyl groups is 1. The number of aliphatic hydroxyl groups excluding tert-OH is 1. The maximum absolute atomic E-state index is 10.9. The highest BCUT2D eigenvalue weighted by Crippen LogP contribution is 2.26. The van der Waals surface area contributed by atoms with Crippen molar-refractivity contribution < 1.29 is 18.7 Å². The maximum atomic E-state index is 10.9. The van der Waals surface area contributed by atoms with Gasteiger partial charge in [-0.3, -0.25) is 4.57 Å². The number of rotatable bonds is 5. The molecule has 0 aliphatic rings. The zero-order valence-electron chi connectivity index (χ0n) is 8.20. The van der Waals surface area contributed by atoms with Gasteiger partial charge in [-0.1, -0.05) is 0 Å². The molecule has 0 radical (unpaired) electrons. The summed E-state index contributed by atoms with van der Waals surface area (Å²) < 4.78 is 16.7. The molecule has 1 N–H and O–H groups in total. The van der Waals surface area contributed by atoms with Crippen LogP contribution < -0.4 is 0 Å². The number of likely N-dealkylation sites (N-methyl/N-ethyl adjacent to an activating group) is 1. The van der Waals surface area contributed by atoms with E-state index in [0.717, 1.165) is 11.0 Å². The van der Waals surface area contributed by atoms with Crippen LogP contribution in [0.15, 0.2) is 0 Å². The fraction of sp³-hybridized carbons (Fsp3) is 1.00. The average Bonchev–Trinajstić information content (AvgIpc) is 1.84. The fourth-order valence-electron chi connectivity index (χ4n) is 0.541. The largest absolute Gasteiger partial charge is 0.384 e. The second-order valence-corrected chi connectivity index (χ2v) is 5.62. The van der Waals surface area contributed by atoms with E-state index < -0.39 is 13.9 Å². The van der Waals surface area contributed by atoms with Gasteiger partial charge in [-0.15, -0.1) is 0 Å². The van der Waals surface area contributed by atoms with Crippen molar-refractivity contribution in [1.82, 2.24) is 0 Å². The van der Waals surface area contributed by atoms with Crippen molar-refractivity contribution in [1.29, 1.82) is 0 Å². The van der Waals surface area contributed by atoms with Crippen molar-refractivity contribution in [3.63, 3.8) is 0 Å². The molecule has 0 aromatic heterocycles. The van der Waals surface area contributed by atoms with Crippen molar-refractivity contribution in [3.05, 3.63) is 0 Å². The van der Waals surface area contributed by atoms with E-state index in [-0.39, 0.29) is 0 Å². The van der Waals surface area contributed by atoms with E-state index >= 15 is 0 Å². The van der Waals surface area contributed by atoms with Crippen LogP contribution in [0.2, 0.25) is 0 Å². The second-order valence-electron chi connectivity index (χ2n) is 3.86. The Balaban J connectivity index is 3.51. The number of hydrogen-bond acceptors (Lipinski definition) is 3. The minimum Gasteiger partial charge on any atom is -0.384 e. The fourth-order valence-corrected chi connectivity index (χ4v) is 1.07. The zero-order chi connectivity index (χ0) is 9.78. The van der Waals surface area contributed by atoms with Crippen LogP contribution >= 0.6 is 8.03 Å². The zero-order valence-corrected chi connectivity index (χ0v) is 9.20. The first-order chi connectivity index (χ1) is 5.33. The van der Waals surface area contributed by atoms with E-state index in [0.29, 0.717) is 6.61 Å². The number of nitrogens with zero attached hydrogens (tertiary/aromatic N) is 1. The molecule has 0 amide bonds. The van der Waals surface area contributed by atoms with E-state index in [9.17, 15) is 4.57 Å². The van der Waals surface area contributed by atoms with Gasteiger partial charge in [0, 0.05) is 0 Å². The molecular weight excluding hydrogens is 177 g/mol. The van der Waals surface area contributed by atoms with Crippen molar-refractivity contribution in [3.8, 4) is 0 Å². The molecule has 0 saturated carbocycles. The average molecular weight is 196 g/mol. The van der Waals surface area contributed by atoms with Gasteiger partial charge in [0.05, 0.1) is 21.1 Å². The predicted molar refractivity (Wildman–Crippen MR) is 49.5 cm³/mol. The minimum absolute atomic E-state index is 0.437. The molecule has 12 heavy (non-hydrogen) atoms. The van der Waals surface area contributed by atoms with Crippen LogP contribution in [0, 0.1) is 0 Å². The topological polar surface area (TPSA) is 46.5 Å². The first kappa shape index (κ1) is 12.1. The van der Waals surface area contributed by atoms with E-state index in [2.05, 4.69) is 0 Å². The molecule has 74 valence electrons. The minimum atomic E-state index is -2.23. The molecule has 0 aliphatic carbocycles. The molecule has 2 unspecified atom stereocenters. The van der Waals surface area contributed by atoms with Gasteiger partial charge in [0.15, 0.2) is 0 Å². The number of hydrogen-bond donors (Lipinski definition) is 1. The Morgan fingerprint density at radius 1 is 1.50 bits per heavy atom. The van der Waals surface area contributed by atoms with Gasteiger partial charge in [0.2, 0.25) is 8.03 Å². The SMILES string of the molecule is CC(O)[PH](=O)OCC[N+](C)(C)C. The van der Waals surface area contributed by atoms with Crippen LogP contribution in [-0.2, 0) is 9.09 Å². The summed E-state index contributed by atoms with van der Waals surface area (Å²) in [4.78, 5) is 0. The lowest BCUT2D eigenvalue weighted by Crippen LogP contribution is -2.37. The summed E-state index contributed by atoms with van der Waals surface area (Å²) in [6.07, 6.45) is 0. The molecule has 0 fully saturated rings. The molecular formula is C7H19NO3P+. The van der Waals surface area contributed by atoms with Crippen molar-refractivity contribution in [2.75, 3.05) is 34.3 Å². The van der Waals surface area contributed by atoms with Crippen LogP contribution in [0.25, 0.3) is 0 Å². The molecule has 5 heteroatoms. The molecule has 4 nitrogen and oxygen atoms in total. The second kappa shape index (κ2) is 4.97. The normalized spacial score (nSPS) is 17.4. The lowest BCUT2D eigenvalue weighted by atomic mass is 10.5. The molecule has 0 aromatic rings. The van der Waals surface area contributed by atoms with E-state index in [1.165, 1.54) is 6.92 Å². The maximum Gasteiger partial charge on any atom is 0.219 e. The van der Waals surface area contributed by atoms with Crippen LogP contribution in [-0.4, -0.2) is 49.7 Å². The standard InChI is InChI=1S/C7H19NO3P/c1-7(9)12(10)11-6-5-8(2,3)4/h7,9,12H,5-6H2,1-4H3/q+1. The Morgan fingerprint density at radius 2 is 2.00 bits per heavy atom. The summed E-state index contributed by atoms with van der Waals surface area (Å²) in [7, 11) is 3.86. The summed E-state index contributed by atoms with van der Waals surface area (Å²) in [6.45, 7) is 2.71. The summed E-state index contributed by atoms with van der Waals surface area (Å²) in [5, 5.41) is 8.85. The summed E-state index contributed by atoms with van der Waals surface area (Å²) in [6, 6.07) is 0. The number of quaternary nitrogens is 1. The quantitative estimate of drug-likeness (QED) is 0.515. The van der Waals surface area contributed by atoms with Crippen LogP contribution in [0.1, 0.15) is 6.92 Å². The lowest BCUT2D eigenvalue weighted by Gasteiger charge is -2.23. The smallest absolute Gasteiger partial charge is 0.219 e. The van der Waals surface area contributed by atoms with Crippen molar-refractivity contribution in [2.45, 2.75) is 12.8 Å². The van der Waals surface area contributed by atoms with Gasteiger partial charge in [-0.25, -0.2) is 0 Å². The Hall–Kier alpha value is 0.110. The summed E-state index contributed by atoms with van der Waals surface area (Å²) >= 11 is 0. The Morgan fingerprint density at radius 3 is 2.33 bits per heavy atom. The van der Waals surface area contributed by atoms with Gasteiger partial charge in [0.1, 0.15) is 19.0 Å². The van der Waals surface area contributed by atoms with E-state index in [1.807, 2.05) is 21.1 Å². The van der Waals surface area contributed by atoms with Gasteiger partial charge in [0.25, 0.3) is 0 Å². The Kier molecular flexibility index (Phi) is 5.02. The molecule has 0 bridgehead atoms. The summed E-state index contributed by atoms with van der Waals surface area (Å²) in [5.74, 6) is -0.831. The first-order valence-electron chi connectivity index (χ1n) is 3.98. The highest BCUT2D eigenvalue weighted by Gasteiger charge is 2.10. The Labute approximate surface area is 74.6 Å².